The number of rotatable bonds is 4. The molecule has 1 aromatic rings. The standard InChI is InChI=1S/C16H23N3O/c1-3-17-15-13-9-8-12(10-14(13)18-16(15)20)19(2)11-6-4-5-7-11/h8-11,15,17H,3-7H2,1-2H3,(H,18,20). The predicted octanol–water partition coefficient (Wildman–Crippen LogP) is 2.67. The van der Waals surface area contributed by atoms with Crippen LogP contribution in [-0.2, 0) is 4.79 Å². The summed E-state index contributed by atoms with van der Waals surface area (Å²) in [6.45, 7) is 2.81. The highest BCUT2D eigenvalue weighted by Crippen LogP contribution is 2.35. The summed E-state index contributed by atoms with van der Waals surface area (Å²) in [5, 5.41) is 6.22. The Balaban J connectivity index is 1.83. The maximum absolute atomic E-state index is 12.0. The van der Waals surface area contributed by atoms with Crippen LogP contribution >= 0.6 is 0 Å². The van der Waals surface area contributed by atoms with Gasteiger partial charge in [0, 0.05) is 30.0 Å². The van der Waals surface area contributed by atoms with Gasteiger partial charge in [0.25, 0.3) is 0 Å². The summed E-state index contributed by atoms with van der Waals surface area (Å²) in [6, 6.07) is 6.79. The molecule has 1 fully saturated rings. The largest absolute Gasteiger partial charge is 0.372 e. The van der Waals surface area contributed by atoms with Crippen molar-refractivity contribution in [2.24, 2.45) is 0 Å². The number of fused-ring (bicyclic) bond motifs is 1. The van der Waals surface area contributed by atoms with Crippen molar-refractivity contribution in [2.75, 3.05) is 23.8 Å². The molecule has 0 spiro atoms. The molecule has 1 atom stereocenters. The van der Waals surface area contributed by atoms with Gasteiger partial charge in [-0.25, -0.2) is 0 Å². The molecule has 0 bridgehead atoms. The molecule has 4 heteroatoms. The van der Waals surface area contributed by atoms with E-state index in [9.17, 15) is 4.79 Å². The summed E-state index contributed by atoms with van der Waals surface area (Å²) >= 11 is 0. The van der Waals surface area contributed by atoms with Crippen molar-refractivity contribution in [3.63, 3.8) is 0 Å². The lowest BCUT2D eigenvalue weighted by molar-refractivity contribution is -0.117. The van der Waals surface area contributed by atoms with E-state index < -0.39 is 0 Å². The molecule has 4 nitrogen and oxygen atoms in total. The Morgan fingerprint density at radius 1 is 1.35 bits per heavy atom. The molecule has 1 heterocycles. The smallest absolute Gasteiger partial charge is 0.246 e. The van der Waals surface area contributed by atoms with Crippen molar-refractivity contribution in [2.45, 2.75) is 44.7 Å². The van der Waals surface area contributed by atoms with Crippen molar-refractivity contribution in [1.29, 1.82) is 0 Å². The zero-order chi connectivity index (χ0) is 14.1. The quantitative estimate of drug-likeness (QED) is 0.886. The van der Waals surface area contributed by atoms with Crippen molar-refractivity contribution < 1.29 is 4.79 Å². The average molecular weight is 273 g/mol. The number of hydrogen-bond donors (Lipinski definition) is 2. The molecule has 2 N–H and O–H groups in total. The molecular formula is C16H23N3O. The van der Waals surface area contributed by atoms with Gasteiger partial charge in [-0.2, -0.15) is 0 Å². The molecule has 1 aliphatic heterocycles. The van der Waals surface area contributed by atoms with Gasteiger partial charge in [-0.15, -0.1) is 0 Å². The molecule has 1 aliphatic carbocycles. The summed E-state index contributed by atoms with van der Waals surface area (Å²) in [7, 11) is 2.16. The molecule has 1 amide bonds. The maximum Gasteiger partial charge on any atom is 0.246 e. The summed E-state index contributed by atoms with van der Waals surface area (Å²) in [5.74, 6) is 0.0579. The van der Waals surface area contributed by atoms with Gasteiger partial charge < -0.3 is 15.5 Å². The van der Waals surface area contributed by atoms with Crippen molar-refractivity contribution in [3.8, 4) is 0 Å². The fourth-order valence-electron chi connectivity index (χ4n) is 3.38. The SMILES string of the molecule is CCNC1C(=O)Nc2cc(N(C)C3CCCC3)ccc21. The first-order chi connectivity index (χ1) is 9.70. The van der Waals surface area contributed by atoms with E-state index in [1.54, 1.807) is 0 Å². The second kappa shape index (κ2) is 5.44. The molecule has 2 aliphatic rings. The van der Waals surface area contributed by atoms with Crippen LogP contribution in [0.25, 0.3) is 0 Å². The third kappa shape index (κ3) is 2.29. The van der Waals surface area contributed by atoms with E-state index in [0.29, 0.717) is 6.04 Å². The highest BCUT2D eigenvalue weighted by atomic mass is 16.2. The molecule has 20 heavy (non-hydrogen) atoms. The zero-order valence-electron chi connectivity index (χ0n) is 12.3. The van der Waals surface area contributed by atoms with Crippen LogP contribution < -0.4 is 15.5 Å². The fourth-order valence-corrected chi connectivity index (χ4v) is 3.38. The minimum atomic E-state index is -0.194. The lowest BCUT2D eigenvalue weighted by Crippen LogP contribution is -2.28. The minimum Gasteiger partial charge on any atom is -0.372 e. The van der Waals surface area contributed by atoms with Crippen LogP contribution in [0.15, 0.2) is 18.2 Å². The van der Waals surface area contributed by atoms with Gasteiger partial charge in [0.15, 0.2) is 0 Å². The lowest BCUT2D eigenvalue weighted by Gasteiger charge is -2.27. The van der Waals surface area contributed by atoms with E-state index in [0.717, 1.165) is 17.8 Å². The molecule has 3 rings (SSSR count). The molecule has 1 saturated carbocycles. The number of nitrogens with one attached hydrogen (secondary N) is 2. The first-order valence-electron chi connectivity index (χ1n) is 7.61. The maximum atomic E-state index is 12.0. The van der Waals surface area contributed by atoms with Gasteiger partial charge in [0.2, 0.25) is 5.91 Å². The number of likely N-dealkylation sites (N-methyl/N-ethyl adjacent to an activating group) is 1. The summed E-state index contributed by atoms with van der Waals surface area (Å²) < 4.78 is 0. The molecule has 1 aromatic carbocycles. The Bertz CT molecular complexity index is 508. The number of carbonyl (C=O) groups excluding carboxylic acids is 1. The summed E-state index contributed by atoms with van der Waals surface area (Å²) in [6.07, 6.45) is 5.22. The number of amides is 1. The predicted molar refractivity (Wildman–Crippen MR) is 82.1 cm³/mol. The number of hydrogen-bond acceptors (Lipinski definition) is 3. The monoisotopic (exact) mass is 273 g/mol. The third-order valence-electron chi connectivity index (χ3n) is 4.56. The Morgan fingerprint density at radius 2 is 2.10 bits per heavy atom. The van der Waals surface area contributed by atoms with Crippen molar-refractivity contribution in [3.05, 3.63) is 23.8 Å². The average Bonchev–Trinajstić information content (AvgIpc) is 3.07. The van der Waals surface area contributed by atoms with E-state index in [1.807, 2.05) is 6.92 Å². The first kappa shape index (κ1) is 13.4. The lowest BCUT2D eigenvalue weighted by atomic mass is 10.1. The van der Waals surface area contributed by atoms with Gasteiger partial charge in [-0.05, 0) is 31.5 Å². The van der Waals surface area contributed by atoms with Crippen LogP contribution in [0, 0.1) is 0 Å². The topological polar surface area (TPSA) is 44.4 Å². The number of carbonyl (C=O) groups is 1. The zero-order valence-corrected chi connectivity index (χ0v) is 12.3. The van der Waals surface area contributed by atoms with Crippen LogP contribution in [0.4, 0.5) is 11.4 Å². The van der Waals surface area contributed by atoms with Crippen molar-refractivity contribution in [1.82, 2.24) is 5.32 Å². The Hall–Kier alpha value is -1.55. The molecule has 0 saturated heterocycles. The number of anilines is 2. The van der Waals surface area contributed by atoms with Gasteiger partial charge >= 0.3 is 0 Å². The van der Waals surface area contributed by atoms with Gasteiger partial charge in [-0.1, -0.05) is 25.8 Å². The van der Waals surface area contributed by atoms with Crippen molar-refractivity contribution >= 4 is 17.3 Å². The molecular weight excluding hydrogens is 250 g/mol. The van der Waals surface area contributed by atoms with E-state index in [4.69, 9.17) is 0 Å². The van der Waals surface area contributed by atoms with Crippen LogP contribution in [0.1, 0.15) is 44.2 Å². The minimum absolute atomic E-state index is 0.0579. The highest BCUT2D eigenvalue weighted by molar-refractivity contribution is 6.03. The summed E-state index contributed by atoms with van der Waals surface area (Å²) in [5.41, 5.74) is 3.23. The third-order valence-corrected chi connectivity index (χ3v) is 4.56. The van der Waals surface area contributed by atoms with Crippen LogP contribution in [-0.4, -0.2) is 25.5 Å². The van der Waals surface area contributed by atoms with E-state index >= 15 is 0 Å². The molecule has 0 radical (unpaired) electrons. The summed E-state index contributed by atoms with van der Waals surface area (Å²) in [4.78, 5) is 14.3. The molecule has 108 valence electrons. The highest BCUT2D eigenvalue weighted by Gasteiger charge is 2.30. The van der Waals surface area contributed by atoms with Gasteiger partial charge in [0.05, 0.1) is 0 Å². The molecule has 0 aromatic heterocycles. The van der Waals surface area contributed by atoms with E-state index in [1.165, 1.54) is 31.4 Å². The molecule has 1 unspecified atom stereocenters. The van der Waals surface area contributed by atoms with Crippen LogP contribution in [0.2, 0.25) is 0 Å². The Kier molecular flexibility index (Phi) is 3.66. The van der Waals surface area contributed by atoms with Gasteiger partial charge in [-0.3, -0.25) is 4.79 Å². The van der Waals surface area contributed by atoms with Crippen LogP contribution in [0.5, 0.6) is 0 Å². The number of benzene rings is 1. The number of nitrogens with zero attached hydrogens (tertiary/aromatic N) is 1. The van der Waals surface area contributed by atoms with E-state index in [-0.39, 0.29) is 11.9 Å². The van der Waals surface area contributed by atoms with Crippen LogP contribution in [0.3, 0.4) is 0 Å². The second-order valence-corrected chi connectivity index (χ2v) is 5.80. The normalized spacial score (nSPS) is 21.9. The van der Waals surface area contributed by atoms with Gasteiger partial charge in [0.1, 0.15) is 6.04 Å². The fraction of sp³-hybridized carbons (Fsp3) is 0.562. The van der Waals surface area contributed by atoms with E-state index in [2.05, 4.69) is 40.8 Å². The Morgan fingerprint density at radius 3 is 2.80 bits per heavy atom. The Labute approximate surface area is 120 Å². The first-order valence-corrected chi connectivity index (χ1v) is 7.61. The second-order valence-electron chi connectivity index (χ2n) is 5.80.